The molecule has 0 aromatic heterocycles. The molecule has 0 radical (unpaired) electrons. The van der Waals surface area contributed by atoms with Gasteiger partial charge >= 0.3 is 0 Å². The minimum absolute atomic E-state index is 0.414. The van der Waals surface area contributed by atoms with Gasteiger partial charge in [-0.25, -0.2) is 0 Å². The van der Waals surface area contributed by atoms with Gasteiger partial charge in [-0.1, -0.05) is 47.0 Å². The summed E-state index contributed by atoms with van der Waals surface area (Å²) in [6.45, 7) is 8.96. The van der Waals surface area contributed by atoms with E-state index in [4.69, 9.17) is 5.73 Å². The standard InChI is InChI=1S/C11H25N/c1-9(2)7-5-6-8-11(12)10(3)4/h9-11H,5-8,12H2,1-4H3/t11-/m0/s1. The molecule has 0 unspecified atom stereocenters. The van der Waals surface area contributed by atoms with E-state index in [1.165, 1.54) is 25.7 Å². The first kappa shape index (κ1) is 12.0. The predicted octanol–water partition coefficient (Wildman–Crippen LogP) is 3.19. The Morgan fingerprint density at radius 3 is 1.83 bits per heavy atom. The third-order valence-corrected chi connectivity index (χ3v) is 2.43. The van der Waals surface area contributed by atoms with Gasteiger partial charge in [-0.2, -0.15) is 0 Å². The second kappa shape index (κ2) is 6.47. The molecule has 1 nitrogen and oxygen atoms in total. The van der Waals surface area contributed by atoms with Gasteiger partial charge in [0.1, 0.15) is 0 Å². The van der Waals surface area contributed by atoms with E-state index in [0.29, 0.717) is 12.0 Å². The van der Waals surface area contributed by atoms with Crippen molar-refractivity contribution in [3.63, 3.8) is 0 Å². The van der Waals surface area contributed by atoms with Crippen LogP contribution in [0.5, 0.6) is 0 Å². The van der Waals surface area contributed by atoms with Gasteiger partial charge in [0.15, 0.2) is 0 Å². The lowest BCUT2D eigenvalue weighted by atomic mass is 9.97. The maximum absolute atomic E-state index is 5.93. The van der Waals surface area contributed by atoms with Gasteiger partial charge in [0.05, 0.1) is 0 Å². The molecule has 0 saturated carbocycles. The number of hydrogen-bond donors (Lipinski definition) is 1. The molecule has 0 aromatic carbocycles. The van der Waals surface area contributed by atoms with Gasteiger partial charge in [-0.3, -0.25) is 0 Å². The van der Waals surface area contributed by atoms with Crippen molar-refractivity contribution in [1.29, 1.82) is 0 Å². The Kier molecular flexibility index (Phi) is 6.45. The van der Waals surface area contributed by atoms with Crippen LogP contribution in [-0.4, -0.2) is 6.04 Å². The van der Waals surface area contributed by atoms with E-state index in [2.05, 4.69) is 27.7 Å². The first-order chi connectivity index (χ1) is 5.54. The van der Waals surface area contributed by atoms with Crippen molar-refractivity contribution in [2.75, 3.05) is 0 Å². The largest absolute Gasteiger partial charge is 0.327 e. The highest BCUT2D eigenvalue weighted by molar-refractivity contribution is 4.64. The Balaban J connectivity index is 3.20. The van der Waals surface area contributed by atoms with Crippen LogP contribution in [0.2, 0.25) is 0 Å². The Morgan fingerprint density at radius 1 is 0.917 bits per heavy atom. The lowest BCUT2D eigenvalue weighted by Gasteiger charge is -2.15. The van der Waals surface area contributed by atoms with E-state index in [1.54, 1.807) is 0 Å². The molecule has 2 N–H and O–H groups in total. The fourth-order valence-corrected chi connectivity index (χ4v) is 1.27. The Bertz CT molecular complexity index is 97.2. The van der Waals surface area contributed by atoms with Gasteiger partial charge in [0, 0.05) is 6.04 Å². The van der Waals surface area contributed by atoms with E-state index >= 15 is 0 Å². The molecule has 0 rings (SSSR count). The van der Waals surface area contributed by atoms with Gasteiger partial charge in [-0.05, 0) is 18.3 Å². The van der Waals surface area contributed by atoms with Crippen LogP contribution >= 0.6 is 0 Å². The van der Waals surface area contributed by atoms with Gasteiger partial charge in [0.25, 0.3) is 0 Å². The van der Waals surface area contributed by atoms with Crippen LogP contribution in [0.3, 0.4) is 0 Å². The third-order valence-electron chi connectivity index (χ3n) is 2.43. The molecular formula is C11H25N. The molecule has 0 aromatic rings. The fourth-order valence-electron chi connectivity index (χ4n) is 1.27. The lowest BCUT2D eigenvalue weighted by molar-refractivity contribution is 0.430. The van der Waals surface area contributed by atoms with Crippen LogP contribution in [0, 0.1) is 11.8 Å². The highest BCUT2D eigenvalue weighted by Gasteiger charge is 2.06. The monoisotopic (exact) mass is 171 g/mol. The molecule has 0 bridgehead atoms. The SMILES string of the molecule is CC(C)CCCC[C@H](N)C(C)C. The molecule has 0 saturated heterocycles. The smallest absolute Gasteiger partial charge is 0.00618 e. The average Bonchev–Trinajstić information content (AvgIpc) is 1.97. The molecule has 0 amide bonds. The molecule has 0 aliphatic rings. The van der Waals surface area contributed by atoms with Crippen molar-refractivity contribution in [2.24, 2.45) is 17.6 Å². The number of unbranched alkanes of at least 4 members (excludes halogenated alkanes) is 1. The van der Waals surface area contributed by atoms with E-state index < -0.39 is 0 Å². The normalized spacial score (nSPS) is 14.2. The summed E-state index contributed by atoms with van der Waals surface area (Å²) < 4.78 is 0. The molecule has 12 heavy (non-hydrogen) atoms. The molecule has 0 fully saturated rings. The van der Waals surface area contributed by atoms with Crippen LogP contribution in [0.15, 0.2) is 0 Å². The van der Waals surface area contributed by atoms with Gasteiger partial charge < -0.3 is 5.73 Å². The molecule has 0 spiro atoms. The third kappa shape index (κ3) is 6.66. The lowest BCUT2D eigenvalue weighted by Crippen LogP contribution is -2.25. The Labute approximate surface area is 77.7 Å². The zero-order valence-electron chi connectivity index (χ0n) is 9.14. The van der Waals surface area contributed by atoms with Crippen molar-refractivity contribution in [3.8, 4) is 0 Å². The van der Waals surface area contributed by atoms with Crippen molar-refractivity contribution < 1.29 is 0 Å². The summed E-state index contributed by atoms with van der Waals surface area (Å²) in [4.78, 5) is 0. The van der Waals surface area contributed by atoms with Crippen LogP contribution in [0.25, 0.3) is 0 Å². The predicted molar refractivity (Wildman–Crippen MR) is 56.1 cm³/mol. The van der Waals surface area contributed by atoms with Crippen molar-refractivity contribution in [3.05, 3.63) is 0 Å². The van der Waals surface area contributed by atoms with Crippen molar-refractivity contribution >= 4 is 0 Å². The number of rotatable bonds is 6. The van der Waals surface area contributed by atoms with Crippen LogP contribution in [0.1, 0.15) is 53.4 Å². The van der Waals surface area contributed by atoms with Crippen LogP contribution < -0.4 is 5.73 Å². The molecule has 1 atom stereocenters. The molecule has 0 aliphatic carbocycles. The quantitative estimate of drug-likeness (QED) is 0.610. The fraction of sp³-hybridized carbons (Fsp3) is 1.00. The molecule has 0 heterocycles. The van der Waals surface area contributed by atoms with Crippen LogP contribution in [0.4, 0.5) is 0 Å². The highest BCUT2D eigenvalue weighted by Crippen LogP contribution is 2.11. The second-order valence-corrected chi connectivity index (χ2v) is 4.59. The summed E-state index contributed by atoms with van der Waals surface area (Å²) in [5.41, 5.74) is 5.93. The minimum Gasteiger partial charge on any atom is -0.327 e. The maximum atomic E-state index is 5.93. The summed E-state index contributed by atoms with van der Waals surface area (Å²) >= 11 is 0. The summed E-state index contributed by atoms with van der Waals surface area (Å²) in [6.07, 6.45) is 5.20. The summed E-state index contributed by atoms with van der Waals surface area (Å²) in [5.74, 6) is 1.49. The zero-order valence-corrected chi connectivity index (χ0v) is 9.14. The zero-order chi connectivity index (χ0) is 9.56. The number of nitrogens with two attached hydrogens (primary N) is 1. The van der Waals surface area contributed by atoms with E-state index in [9.17, 15) is 0 Å². The maximum Gasteiger partial charge on any atom is 0.00618 e. The van der Waals surface area contributed by atoms with E-state index in [1.807, 2.05) is 0 Å². The Morgan fingerprint density at radius 2 is 1.42 bits per heavy atom. The molecular weight excluding hydrogens is 146 g/mol. The van der Waals surface area contributed by atoms with Crippen molar-refractivity contribution in [2.45, 2.75) is 59.4 Å². The summed E-state index contributed by atoms with van der Waals surface area (Å²) in [6, 6.07) is 0.414. The first-order valence-corrected chi connectivity index (χ1v) is 5.29. The van der Waals surface area contributed by atoms with Crippen molar-refractivity contribution in [1.82, 2.24) is 0 Å². The first-order valence-electron chi connectivity index (χ1n) is 5.29. The second-order valence-electron chi connectivity index (χ2n) is 4.59. The van der Waals surface area contributed by atoms with E-state index in [0.717, 1.165) is 5.92 Å². The molecule has 74 valence electrons. The number of hydrogen-bond acceptors (Lipinski definition) is 1. The molecule has 1 heteroatoms. The molecule has 0 aliphatic heterocycles. The highest BCUT2D eigenvalue weighted by atomic mass is 14.6. The van der Waals surface area contributed by atoms with Gasteiger partial charge in [-0.15, -0.1) is 0 Å². The average molecular weight is 171 g/mol. The summed E-state index contributed by atoms with van der Waals surface area (Å²) in [5, 5.41) is 0. The minimum atomic E-state index is 0.414. The topological polar surface area (TPSA) is 26.0 Å². The summed E-state index contributed by atoms with van der Waals surface area (Å²) in [7, 11) is 0. The van der Waals surface area contributed by atoms with Gasteiger partial charge in [0.2, 0.25) is 0 Å². The van der Waals surface area contributed by atoms with Crippen LogP contribution in [-0.2, 0) is 0 Å². The van der Waals surface area contributed by atoms with E-state index in [-0.39, 0.29) is 0 Å². The Hall–Kier alpha value is -0.0400.